The molecule has 3 aromatic rings. The summed E-state index contributed by atoms with van der Waals surface area (Å²) in [7, 11) is -3.72. The van der Waals surface area contributed by atoms with Gasteiger partial charge in [-0.3, -0.25) is 4.79 Å². The van der Waals surface area contributed by atoms with Gasteiger partial charge in [-0.2, -0.15) is 0 Å². The van der Waals surface area contributed by atoms with Crippen LogP contribution in [0, 0.1) is 3.57 Å². The van der Waals surface area contributed by atoms with Crippen molar-refractivity contribution in [3.8, 4) is 0 Å². The number of aromatic nitrogens is 1. The van der Waals surface area contributed by atoms with Crippen molar-refractivity contribution in [3.63, 3.8) is 0 Å². The maximum Gasteiger partial charge on any atom is 0.268 e. The van der Waals surface area contributed by atoms with Gasteiger partial charge in [-0.15, -0.1) is 0 Å². The van der Waals surface area contributed by atoms with Crippen molar-refractivity contribution in [3.05, 3.63) is 63.9 Å². The highest BCUT2D eigenvalue weighted by Gasteiger charge is 2.21. The van der Waals surface area contributed by atoms with Crippen LogP contribution in [0.3, 0.4) is 0 Å². The molecule has 3 rings (SSSR count). The summed E-state index contributed by atoms with van der Waals surface area (Å²) >= 11 is 2.07. The molecule has 0 spiro atoms. The van der Waals surface area contributed by atoms with E-state index in [1.807, 2.05) is 0 Å². The molecule has 0 unspecified atom stereocenters. The van der Waals surface area contributed by atoms with Crippen LogP contribution in [0.25, 0.3) is 10.9 Å². The Kier molecular flexibility index (Phi) is 3.58. The van der Waals surface area contributed by atoms with E-state index in [2.05, 4.69) is 22.6 Å². The Balaban J connectivity index is 2.39. The molecule has 0 aliphatic carbocycles. The summed E-state index contributed by atoms with van der Waals surface area (Å²) in [5.41, 5.74) is 0.774. The van der Waals surface area contributed by atoms with Crippen molar-refractivity contribution >= 4 is 49.8 Å². The number of carbonyl (C=O) groups is 1. The molecule has 0 saturated heterocycles. The molecule has 0 aliphatic rings. The molecule has 21 heavy (non-hydrogen) atoms. The van der Waals surface area contributed by atoms with Crippen LogP contribution in [-0.4, -0.2) is 18.7 Å². The van der Waals surface area contributed by atoms with Crippen molar-refractivity contribution in [1.29, 1.82) is 0 Å². The number of nitrogens with zero attached hydrogens (tertiary/aromatic N) is 1. The van der Waals surface area contributed by atoms with Crippen molar-refractivity contribution < 1.29 is 13.2 Å². The van der Waals surface area contributed by atoms with E-state index in [0.717, 1.165) is 8.96 Å². The Bertz CT molecular complexity index is 930. The summed E-state index contributed by atoms with van der Waals surface area (Å²) in [4.78, 5) is 11.4. The fourth-order valence-corrected chi connectivity index (χ4v) is 4.55. The highest BCUT2D eigenvalue weighted by Crippen LogP contribution is 2.28. The molecule has 6 heteroatoms. The lowest BCUT2D eigenvalue weighted by Crippen LogP contribution is -2.12. The summed E-state index contributed by atoms with van der Waals surface area (Å²) in [6, 6.07) is 13.3. The van der Waals surface area contributed by atoms with Gasteiger partial charge >= 0.3 is 0 Å². The first kappa shape index (κ1) is 14.3. The predicted molar refractivity (Wildman–Crippen MR) is 89.1 cm³/mol. The Morgan fingerprint density at radius 2 is 1.71 bits per heavy atom. The van der Waals surface area contributed by atoms with Crippen LogP contribution < -0.4 is 0 Å². The molecule has 0 N–H and O–H groups in total. The van der Waals surface area contributed by atoms with Gasteiger partial charge in [0, 0.05) is 20.7 Å². The zero-order chi connectivity index (χ0) is 15.0. The summed E-state index contributed by atoms with van der Waals surface area (Å²) in [5, 5.41) is 0.750. The zero-order valence-electron chi connectivity index (χ0n) is 10.7. The lowest BCUT2D eigenvalue weighted by Gasteiger charge is -2.08. The van der Waals surface area contributed by atoms with Gasteiger partial charge in [-0.1, -0.05) is 30.3 Å². The standard InChI is InChI=1S/C15H10INO3S/c16-14-9-17(15-11(10-18)5-4-8-13(14)15)21(19,20)12-6-2-1-3-7-12/h1-10H. The maximum atomic E-state index is 12.8. The van der Waals surface area contributed by atoms with E-state index >= 15 is 0 Å². The molecule has 0 saturated carbocycles. The van der Waals surface area contributed by atoms with E-state index in [9.17, 15) is 13.2 Å². The second-order valence-corrected chi connectivity index (χ2v) is 7.43. The van der Waals surface area contributed by atoms with Crippen LogP contribution in [0.1, 0.15) is 10.4 Å². The lowest BCUT2D eigenvalue weighted by molar-refractivity contribution is 0.112. The van der Waals surface area contributed by atoms with Crippen molar-refractivity contribution in [2.75, 3.05) is 0 Å². The molecule has 106 valence electrons. The minimum absolute atomic E-state index is 0.194. The van der Waals surface area contributed by atoms with Crippen LogP contribution >= 0.6 is 22.6 Å². The number of aldehydes is 1. The number of hydrogen-bond acceptors (Lipinski definition) is 3. The largest absolute Gasteiger partial charge is 0.298 e. The van der Waals surface area contributed by atoms with Gasteiger partial charge in [-0.05, 0) is 40.8 Å². The Labute approximate surface area is 135 Å². The Morgan fingerprint density at radius 3 is 2.38 bits per heavy atom. The van der Waals surface area contributed by atoms with Gasteiger partial charge in [0.2, 0.25) is 0 Å². The normalized spacial score (nSPS) is 11.7. The third kappa shape index (κ3) is 2.28. The van der Waals surface area contributed by atoms with Gasteiger partial charge in [0.15, 0.2) is 6.29 Å². The van der Waals surface area contributed by atoms with Crippen LogP contribution in [0.5, 0.6) is 0 Å². The quantitative estimate of drug-likeness (QED) is 0.491. The van der Waals surface area contributed by atoms with Gasteiger partial charge in [0.05, 0.1) is 10.4 Å². The van der Waals surface area contributed by atoms with Crippen LogP contribution in [0.2, 0.25) is 0 Å². The number of para-hydroxylation sites is 1. The number of benzene rings is 2. The molecular weight excluding hydrogens is 401 g/mol. The van der Waals surface area contributed by atoms with E-state index in [-0.39, 0.29) is 4.90 Å². The highest BCUT2D eigenvalue weighted by molar-refractivity contribution is 14.1. The van der Waals surface area contributed by atoms with Gasteiger partial charge in [0.25, 0.3) is 10.0 Å². The average Bonchev–Trinajstić information content (AvgIpc) is 2.86. The third-order valence-electron chi connectivity index (χ3n) is 3.20. The lowest BCUT2D eigenvalue weighted by atomic mass is 10.2. The van der Waals surface area contributed by atoms with Gasteiger partial charge in [-0.25, -0.2) is 12.4 Å². The first-order valence-electron chi connectivity index (χ1n) is 6.11. The smallest absolute Gasteiger partial charge is 0.268 e. The number of rotatable bonds is 3. The number of fused-ring (bicyclic) bond motifs is 1. The van der Waals surface area contributed by atoms with Crippen LogP contribution in [-0.2, 0) is 10.0 Å². The molecule has 0 amide bonds. The first-order chi connectivity index (χ1) is 10.1. The number of carbonyl (C=O) groups excluding carboxylic acids is 1. The fourth-order valence-electron chi connectivity index (χ4n) is 2.23. The third-order valence-corrected chi connectivity index (χ3v) is 5.74. The number of halogens is 1. The molecule has 0 radical (unpaired) electrons. The molecule has 1 aromatic heterocycles. The summed E-state index contributed by atoms with van der Waals surface area (Å²) < 4.78 is 27.5. The molecule has 1 heterocycles. The highest BCUT2D eigenvalue weighted by atomic mass is 127. The SMILES string of the molecule is O=Cc1cccc2c(I)cn(S(=O)(=O)c3ccccc3)c12. The molecule has 2 aromatic carbocycles. The second-order valence-electron chi connectivity index (χ2n) is 4.45. The fraction of sp³-hybridized carbons (Fsp3) is 0. The van der Waals surface area contributed by atoms with Crippen molar-refractivity contribution in [2.24, 2.45) is 0 Å². The Hall–Kier alpha value is -1.67. The summed E-state index contributed by atoms with van der Waals surface area (Å²) in [5.74, 6) is 0. The van der Waals surface area contributed by atoms with Gasteiger partial charge < -0.3 is 0 Å². The van der Waals surface area contributed by atoms with Crippen LogP contribution in [0.15, 0.2) is 59.6 Å². The van der Waals surface area contributed by atoms with E-state index in [1.165, 1.54) is 16.1 Å². The zero-order valence-corrected chi connectivity index (χ0v) is 13.7. The summed E-state index contributed by atoms with van der Waals surface area (Å²) in [6.45, 7) is 0. The van der Waals surface area contributed by atoms with Crippen LogP contribution in [0.4, 0.5) is 0 Å². The van der Waals surface area contributed by atoms with Crippen molar-refractivity contribution in [2.45, 2.75) is 4.90 Å². The minimum atomic E-state index is -3.72. The topological polar surface area (TPSA) is 56.1 Å². The van der Waals surface area contributed by atoms with E-state index in [4.69, 9.17) is 0 Å². The molecule has 0 fully saturated rings. The van der Waals surface area contributed by atoms with Crippen molar-refractivity contribution in [1.82, 2.24) is 3.97 Å². The molecule has 0 aliphatic heterocycles. The first-order valence-corrected chi connectivity index (χ1v) is 8.63. The van der Waals surface area contributed by atoms with E-state index in [1.54, 1.807) is 42.6 Å². The Morgan fingerprint density at radius 1 is 1.00 bits per heavy atom. The molecule has 0 atom stereocenters. The second kappa shape index (κ2) is 5.27. The van der Waals surface area contributed by atoms with E-state index < -0.39 is 10.0 Å². The predicted octanol–water partition coefficient (Wildman–Crippen LogP) is 3.30. The molecule has 4 nitrogen and oxygen atoms in total. The average molecular weight is 411 g/mol. The summed E-state index contributed by atoms with van der Waals surface area (Å²) in [6.07, 6.45) is 2.22. The number of hydrogen-bond donors (Lipinski definition) is 0. The molecule has 0 bridgehead atoms. The maximum absolute atomic E-state index is 12.8. The monoisotopic (exact) mass is 411 g/mol. The van der Waals surface area contributed by atoms with E-state index in [0.29, 0.717) is 17.4 Å². The molecular formula is C15H10INO3S. The minimum Gasteiger partial charge on any atom is -0.298 e. The van der Waals surface area contributed by atoms with Gasteiger partial charge in [0.1, 0.15) is 0 Å².